The highest BCUT2D eigenvalue weighted by molar-refractivity contribution is 5.92. The molecule has 4 rings (SSSR count). The number of aromatic amines is 1. The molecule has 0 unspecified atom stereocenters. The van der Waals surface area contributed by atoms with E-state index in [1.807, 2.05) is 28.0 Å². The molecule has 2 amide bonds. The summed E-state index contributed by atoms with van der Waals surface area (Å²) in [6.07, 6.45) is 1.76. The van der Waals surface area contributed by atoms with Crippen LogP contribution < -0.4 is 0 Å². The number of likely N-dealkylation sites (tertiary alicyclic amines) is 1. The van der Waals surface area contributed by atoms with Gasteiger partial charge in [-0.3, -0.25) is 9.59 Å². The highest BCUT2D eigenvalue weighted by Gasteiger charge is 2.44. The molecule has 3 heterocycles. The summed E-state index contributed by atoms with van der Waals surface area (Å²) in [7, 11) is 0. The lowest BCUT2D eigenvalue weighted by molar-refractivity contribution is -0.132. The van der Waals surface area contributed by atoms with Gasteiger partial charge >= 0.3 is 0 Å². The van der Waals surface area contributed by atoms with E-state index in [-0.39, 0.29) is 23.8 Å². The normalized spacial score (nSPS) is 22.7. The number of hydrogen-bond acceptors (Lipinski definition) is 2. The largest absolute Gasteiger partial charge is 0.357 e. The van der Waals surface area contributed by atoms with Crippen LogP contribution in [0.15, 0.2) is 42.6 Å². The van der Waals surface area contributed by atoms with E-state index in [1.54, 1.807) is 19.2 Å². The van der Waals surface area contributed by atoms with E-state index in [1.165, 1.54) is 11.1 Å². The summed E-state index contributed by atoms with van der Waals surface area (Å²) < 4.78 is 0. The maximum absolute atomic E-state index is 12.6. The minimum absolute atomic E-state index is 0.00498. The number of fused-ring (bicyclic) bond motifs is 3. The van der Waals surface area contributed by atoms with E-state index in [9.17, 15) is 9.59 Å². The Kier molecular flexibility index (Phi) is 3.22. The molecule has 2 aromatic rings. The number of amides is 2. The van der Waals surface area contributed by atoms with Crippen LogP contribution in [0, 0.1) is 0 Å². The Labute approximate surface area is 134 Å². The van der Waals surface area contributed by atoms with Crippen molar-refractivity contribution in [3.05, 3.63) is 59.4 Å². The number of carbonyl (C=O) groups is 2. The summed E-state index contributed by atoms with van der Waals surface area (Å²) in [5.74, 6) is 0.275. The quantitative estimate of drug-likeness (QED) is 0.876. The van der Waals surface area contributed by atoms with Crippen molar-refractivity contribution in [1.82, 2.24) is 14.8 Å². The first kappa shape index (κ1) is 14.1. The van der Waals surface area contributed by atoms with Crippen molar-refractivity contribution in [3.8, 4) is 0 Å². The Morgan fingerprint density at radius 3 is 2.70 bits per heavy atom. The summed E-state index contributed by atoms with van der Waals surface area (Å²) in [6, 6.07) is 11.9. The number of aromatic nitrogens is 1. The third kappa shape index (κ3) is 2.23. The van der Waals surface area contributed by atoms with Crippen LogP contribution in [0.1, 0.15) is 34.5 Å². The predicted octanol–water partition coefficient (Wildman–Crippen LogP) is 1.98. The van der Waals surface area contributed by atoms with Gasteiger partial charge in [-0.2, -0.15) is 0 Å². The fourth-order valence-corrected chi connectivity index (χ4v) is 3.89. The van der Waals surface area contributed by atoms with E-state index < -0.39 is 0 Å². The van der Waals surface area contributed by atoms with Gasteiger partial charge in [0.15, 0.2) is 0 Å². The number of carbonyl (C=O) groups excluding carboxylic acids is 2. The van der Waals surface area contributed by atoms with Crippen molar-refractivity contribution < 1.29 is 9.59 Å². The van der Waals surface area contributed by atoms with Gasteiger partial charge in [-0.25, -0.2) is 0 Å². The van der Waals surface area contributed by atoms with Crippen LogP contribution in [-0.2, 0) is 11.3 Å². The average molecular weight is 309 g/mol. The molecule has 1 saturated heterocycles. The number of benzene rings is 1. The molecular formula is C18H19N3O2. The molecular weight excluding hydrogens is 290 g/mol. The monoisotopic (exact) mass is 309 g/mol. The molecule has 1 N–H and O–H groups in total. The zero-order chi connectivity index (χ0) is 16.0. The minimum Gasteiger partial charge on any atom is -0.357 e. The molecule has 1 aromatic carbocycles. The molecule has 0 spiro atoms. The highest BCUT2D eigenvalue weighted by Crippen LogP contribution is 2.38. The van der Waals surface area contributed by atoms with E-state index in [2.05, 4.69) is 17.1 Å². The fourth-order valence-electron chi connectivity index (χ4n) is 3.89. The lowest BCUT2D eigenvalue weighted by atomic mass is 9.85. The number of H-pyrrole nitrogens is 1. The molecule has 2 atom stereocenters. The van der Waals surface area contributed by atoms with Crippen molar-refractivity contribution >= 4 is 11.8 Å². The first-order valence-electron chi connectivity index (χ1n) is 7.93. The molecule has 5 heteroatoms. The average Bonchev–Trinajstić information content (AvgIpc) is 3.23. The summed E-state index contributed by atoms with van der Waals surface area (Å²) in [5.41, 5.74) is 3.07. The Morgan fingerprint density at radius 2 is 1.96 bits per heavy atom. The van der Waals surface area contributed by atoms with Crippen LogP contribution in [0.25, 0.3) is 0 Å². The second-order valence-corrected chi connectivity index (χ2v) is 6.31. The standard InChI is InChI=1S/C18H19N3O2/c1-12(22)21-9-13-5-2-3-6-14(13)15-10-20(11-17(15)21)18(23)16-7-4-8-19-16/h2-8,15,17,19H,9-11H2,1H3/t15-,17-/m0/s1. The van der Waals surface area contributed by atoms with Crippen LogP contribution in [0.2, 0.25) is 0 Å². The lowest BCUT2D eigenvalue weighted by Gasteiger charge is -2.37. The van der Waals surface area contributed by atoms with Gasteiger partial charge in [0.25, 0.3) is 5.91 Å². The molecule has 1 aromatic heterocycles. The van der Waals surface area contributed by atoms with Gasteiger partial charge in [-0.15, -0.1) is 0 Å². The van der Waals surface area contributed by atoms with Gasteiger partial charge in [0.05, 0.1) is 6.04 Å². The maximum atomic E-state index is 12.6. The molecule has 2 aliphatic rings. The molecule has 5 nitrogen and oxygen atoms in total. The zero-order valence-corrected chi connectivity index (χ0v) is 13.0. The second kappa shape index (κ2) is 5.26. The molecule has 0 radical (unpaired) electrons. The van der Waals surface area contributed by atoms with Crippen LogP contribution in [0.4, 0.5) is 0 Å². The zero-order valence-electron chi connectivity index (χ0n) is 13.0. The summed E-state index contributed by atoms with van der Waals surface area (Å²) in [5, 5.41) is 0. The third-order valence-electron chi connectivity index (χ3n) is 5.00. The molecule has 118 valence electrons. The molecule has 2 aliphatic heterocycles. The summed E-state index contributed by atoms with van der Waals surface area (Å²) in [6.45, 7) is 3.50. The van der Waals surface area contributed by atoms with Crippen molar-refractivity contribution in [2.75, 3.05) is 13.1 Å². The van der Waals surface area contributed by atoms with Gasteiger partial charge in [0, 0.05) is 38.7 Å². The van der Waals surface area contributed by atoms with E-state index in [4.69, 9.17) is 0 Å². The van der Waals surface area contributed by atoms with Crippen molar-refractivity contribution in [1.29, 1.82) is 0 Å². The van der Waals surface area contributed by atoms with Crippen molar-refractivity contribution in [2.24, 2.45) is 0 Å². The third-order valence-corrected chi connectivity index (χ3v) is 5.00. The smallest absolute Gasteiger partial charge is 0.270 e. The van der Waals surface area contributed by atoms with Crippen LogP contribution >= 0.6 is 0 Å². The lowest BCUT2D eigenvalue weighted by Crippen LogP contribution is -2.46. The van der Waals surface area contributed by atoms with Crippen LogP contribution in [0.3, 0.4) is 0 Å². The number of nitrogens with one attached hydrogen (secondary N) is 1. The molecule has 0 saturated carbocycles. The van der Waals surface area contributed by atoms with E-state index in [0.717, 1.165) is 0 Å². The fraction of sp³-hybridized carbons (Fsp3) is 0.333. The number of hydrogen-bond donors (Lipinski definition) is 1. The molecule has 0 bridgehead atoms. The van der Waals surface area contributed by atoms with E-state index >= 15 is 0 Å². The molecule has 23 heavy (non-hydrogen) atoms. The van der Waals surface area contributed by atoms with Crippen molar-refractivity contribution in [3.63, 3.8) is 0 Å². The SMILES string of the molecule is CC(=O)N1Cc2ccccc2[C@@H]2CN(C(=O)c3ccc[nH]3)C[C@@H]21. The van der Waals surface area contributed by atoms with E-state index in [0.29, 0.717) is 25.3 Å². The van der Waals surface area contributed by atoms with Crippen molar-refractivity contribution in [2.45, 2.75) is 25.4 Å². The minimum atomic E-state index is 0.00498. The maximum Gasteiger partial charge on any atom is 0.270 e. The number of nitrogens with zero attached hydrogens (tertiary/aromatic N) is 2. The highest BCUT2D eigenvalue weighted by atomic mass is 16.2. The Balaban J connectivity index is 1.68. The summed E-state index contributed by atoms with van der Waals surface area (Å²) >= 11 is 0. The second-order valence-electron chi connectivity index (χ2n) is 6.31. The van der Waals surface area contributed by atoms with Gasteiger partial charge in [-0.1, -0.05) is 24.3 Å². The van der Waals surface area contributed by atoms with Gasteiger partial charge in [-0.05, 0) is 23.3 Å². The Hall–Kier alpha value is -2.56. The van der Waals surface area contributed by atoms with Gasteiger partial charge in [0.2, 0.25) is 5.91 Å². The Bertz CT molecular complexity index is 753. The summed E-state index contributed by atoms with van der Waals surface area (Å²) in [4.78, 5) is 31.5. The first-order valence-corrected chi connectivity index (χ1v) is 7.93. The molecule has 1 fully saturated rings. The number of rotatable bonds is 1. The first-order chi connectivity index (χ1) is 11.1. The van der Waals surface area contributed by atoms with Crippen LogP contribution in [0.5, 0.6) is 0 Å². The van der Waals surface area contributed by atoms with Crippen LogP contribution in [-0.4, -0.2) is 45.7 Å². The topological polar surface area (TPSA) is 56.4 Å². The molecule has 0 aliphatic carbocycles. The predicted molar refractivity (Wildman–Crippen MR) is 85.9 cm³/mol. The van der Waals surface area contributed by atoms with Gasteiger partial charge in [0.1, 0.15) is 5.69 Å². The Morgan fingerprint density at radius 1 is 1.13 bits per heavy atom. The van der Waals surface area contributed by atoms with Gasteiger partial charge < -0.3 is 14.8 Å².